The summed E-state index contributed by atoms with van der Waals surface area (Å²) in [6.45, 7) is 2.40. The zero-order valence-corrected chi connectivity index (χ0v) is 14.9. The lowest BCUT2D eigenvalue weighted by Gasteiger charge is -2.28. The molecule has 1 saturated heterocycles. The Hall–Kier alpha value is -2.47. The number of hydrogen-bond donors (Lipinski definition) is 0. The third kappa shape index (κ3) is 3.70. The second-order valence-electron chi connectivity index (χ2n) is 6.20. The van der Waals surface area contributed by atoms with Crippen LogP contribution in [0, 0.1) is 18.6 Å². The highest BCUT2D eigenvalue weighted by atomic mass is 35.5. The van der Waals surface area contributed by atoms with Gasteiger partial charge in [-0.15, -0.1) is 0 Å². The Morgan fingerprint density at radius 2 is 1.96 bits per heavy atom. The van der Waals surface area contributed by atoms with Gasteiger partial charge in [0.2, 0.25) is 5.91 Å². The van der Waals surface area contributed by atoms with Gasteiger partial charge in [0, 0.05) is 29.2 Å². The molecule has 4 nitrogen and oxygen atoms in total. The number of nitrogens with zero attached hydrogens (tertiary/aromatic N) is 2. The van der Waals surface area contributed by atoms with Gasteiger partial charge in [0.15, 0.2) is 11.6 Å². The van der Waals surface area contributed by atoms with Crippen molar-refractivity contribution in [1.29, 1.82) is 0 Å². The highest BCUT2D eigenvalue weighted by Crippen LogP contribution is 2.26. The van der Waals surface area contributed by atoms with Crippen molar-refractivity contribution in [3.63, 3.8) is 0 Å². The van der Waals surface area contributed by atoms with Crippen LogP contribution < -0.4 is 4.90 Å². The monoisotopic (exact) mass is 378 g/mol. The number of anilines is 1. The first-order valence-electron chi connectivity index (χ1n) is 8.17. The zero-order chi connectivity index (χ0) is 18.8. The number of rotatable bonds is 4. The topological polar surface area (TPSA) is 40.6 Å². The Morgan fingerprint density at radius 1 is 1.19 bits per heavy atom. The number of carbonyl (C=O) groups is 2. The van der Waals surface area contributed by atoms with E-state index < -0.39 is 17.5 Å². The van der Waals surface area contributed by atoms with Crippen molar-refractivity contribution in [1.82, 2.24) is 4.90 Å². The molecule has 0 bridgehead atoms. The lowest BCUT2D eigenvalue weighted by molar-refractivity contribution is -0.127. The first-order chi connectivity index (χ1) is 12.4. The van der Waals surface area contributed by atoms with E-state index in [2.05, 4.69) is 0 Å². The van der Waals surface area contributed by atoms with Crippen LogP contribution in [-0.4, -0.2) is 29.9 Å². The van der Waals surface area contributed by atoms with Gasteiger partial charge in [-0.1, -0.05) is 17.7 Å². The average molecular weight is 379 g/mol. The molecule has 1 aliphatic rings. The summed E-state index contributed by atoms with van der Waals surface area (Å²) in [5, 5.41) is 0.471. The Labute approximate surface area is 155 Å². The molecule has 0 atom stereocenters. The van der Waals surface area contributed by atoms with E-state index in [9.17, 15) is 18.4 Å². The van der Waals surface area contributed by atoms with Crippen molar-refractivity contribution in [3.8, 4) is 0 Å². The van der Waals surface area contributed by atoms with E-state index in [4.69, 9.17) is 11.6 Å². The second kappa shape index (κ2) is 7.41. The van der Waals surface area contributed by atoms with Crippen molar-refractivity contribution in [3.05, 3.63) is 64.2 Å². The molecule has 0 unspecified atom stereocenters. The molecule has 3 rings (SSSR count). The number of hydrogen-bond acceptors (Lipinski definition) is 2. The van der Waals surface area contributed by atoms with Crippen LogP contribution in [0.5, 0.6) is 0 Å². The van der Waals surface area contributed by atoms with Crippen molar-refractivity contribution in [2.24, 2.45) is 0 Å². The standard InChI is InChI=1S/C19H17ClF2N2O2/c1-12-4-6-14(10-15(12)20)24(11-23-8-2-3-18(23)25)19(26)13-5-7-16(21)17(22)9-13/h4-7,9-10H,2-3,8,11H2,1H3. The van der Waals surface area contributed by atoms with Crippen LogP contribution in [0.2, 0.25) is 5.02 Å². The van der Waals surface area contributed by atoms with E-state index in [0.717, 1.165) is 24.1 Å². The third-order valence-electron chi connectivity index (χ3n) is 4.36. The van der Waals surface area contributed by atoms with Crippen LogP contribution in [0.1, 0.15) is 28.8 Å². The van der Waals surface area contributed by atoms with Crippen LogP contribution in [0.4, 0.5) is 14.5 Å². The number of amides is 2. The minimum absolute atomic E-state index is 0.00718. The predicted molar refractivity (Wildman–Crippen MR) is 95.2 cm³/mol. The van der Waals surface area contributed by atoms with Gasteiger partial charge in [-0.05, 0) is 49.2 Å². The Balaban J connectivity index is 1.98. The minimum Gasteiger partial charge on any atom is -0.324 e. The number of benzene rings is 2. The fraction of sp³-hybridized carbons (Fsp3) is 0.263. The van der Waals surface area contributed by atoms with Crippen molar-refractivity contribution in [2.45, 2.75) is 19.8 Å². The summed E-state index contributed by atoms with van der Waals surface area (Å²) in [4.78, 5) is 27.8. The van der Waals surface area contributed by atoms with Gasteiger partial charge in [0.05, 0.1) is 0 Å². The van der Waals surface area contributed by atoms with E-state index >= 15 is 0 Å². The van der Waals surface area contributed by atoms with Gasteiger partial charge in [0.25, 0.3) is 5.91 Å². The first kappa shape index (κ1) is 18.3. The van der Waals surface area contributed by atoms with Crippen LogP contribution in [-0.2, 0) is 4.79 Å². The van der Waals surface area contributed by atoms with Crippen molar-refractivity contribution >= 4 is 29.1 Å². The predicted octanol–water partition coefficient (Wildman–Crippen LogP) is 4.15. The quantitative estimate of drug-likeness (QED) is 0.801. The summed E-state index contributed by atoms with van der Waals surface area (Å²) in [5.74, 6) is -2.72. The Kier molecular flexibility index (Phi) is 5.23. The molecule has 0 radical (unpaired) electrons. The molecule has 0 spiro atoms. The Morgan fingerprint density at radius 3 is 2.58 bits per heavy atom. The molecule has 0 aromatic heterocycles. The van der Waals surface area contributed by atoms with E-state index in [1.165, 1.54) is 11.0 Å². The molecule has 2 aromatic carbocycles. The molecule has 26 heavy (non-hydrogen) atoms. The first-order valence-corrected chi connectivity index (χ1v) is 8.55. The molecule has 2 amide bonds. The van der Waals surface area contributed by atoms with E-state index in [0.29, 0.717) is 23.7 Å². The molecular weight excluding hydrogens is 362 g/mol. The van der Waals surface area contributed by atoms with Gasteiger partial charge < -0.3 is 4.90 Å². The summed E-state index contributed by atoms with van der Waals surface area (Å²) >= 11 is 6.17. The molecule has 7 heteroatoms. The highest BCUT2D eigenvalue weighted by molar-refractivity contribution is 6.31. The molecule has 1 heterocycles. The molecule has 0 saturated carbocycles. The normalized spacial score (nSPS) is 14.0. The molecule has 136 valence electrons. The average Bonchev–Trinajstić information content (AvgIpc) is 3.02. The number of halogens is 3. The van der Waals surface area contributed by atoms with E-state index in [1.54, 1.807) is 23.1 Å². The highest BCUT2D eigenvalue weighted by Gasteiger charge is 2.27. The van der Waals surface area contributed by atoms with Gasteiger partial charge in [-0.3, -0.25) is 14.5 Å². The largest absolute Gasteiger partial charge is 0.324 e. The van der Waals surface area contributed by atoms with Gasteiger partial charge in [0.1, 0.15) is 6.67 Å². The SMILES string of the molecule is Cc1ccc(N(CN2CCCC2=O)C(=O)c2ccc(F)c(F)c2)cc1Cl. The molecule has 0 aliphatic carbocycles. The molecule has 1 fully saturated rings. The fourth-order valence-electron chi connectivity index (χ4n) is 2.82. The summed E-state index contributed by atoms with van der Waals surface area (Å²) in [7, 11) is 0. The number of aryl methyl sites for hydroxylation is 1. The third-order valence-corrected chi connectivity index (χ3v) is 4.77. The summed E-state index contributed by atoms with van der Waals surface area (Å²) in [6, 6.07) is 8.06. The summed E-state index contributed by atoms with van der Waals surface area (Å²) < 4.78 is 26.8. The van der Waals surface area contributed by atoms with Crippen LogP contribution in [0.3, 0.4) is 0 Å². The summed E-state index contributed by atoms with van der Waals surface area (Å²) in [6.07, 6.45) is 1.16. The van der Waals surface area contributed by atoms with Crippen LogP contribution in [0.15, 0.2) is 36.4 Å². The van der Waals surface area contributed by atoms with Crippen LogP contribution >= 0.6 is 11.6 Å². The van der Waals surface area contributed by atoms with E-state index in [1.807, 2.05) is 6.92 Å². The maximum Gasteiger partial charge on any atom is 0.259 e. The number of likely N-dealkylation sites (tertiary alicyclic amines) is 1. The van der Waals surface area contributed by atoms with Gasteiger partial charge in [-0.2, -0.15) is 0 Å². The van der Waals surface area contributed by atoms with E-state index in [-0.39, 0.29) is 18.1 Å². The lowest BCUT2D eigenvalue weighted by atomic mass is 10.1. The maximum absolute atomic E-state index is 13.6. The molecular formula is C19H17ClF2N2O2. The molecule has 0 N–H and O–H groups in total. The van der Waals surface area contributed by atoms with Crippen LogP contribution in [0.25, 0.3) is 0 Å². The molecule has 2 aromatic rings. The zero-order valence-electron chi connectivity index (χ0n) is 14.1. The summed E-state index contributed by atoms with van der Waals surface area (Å²) in [5.41, 5.74) is 1.31. The smallest absolute Gasteiger partial charge is 0.259 e. The Bertz CT molecular complexity index is 873. The number of carbonyl (C=O) groups excluding carboxylic acids is 2. The van der Waals surface area contributed by atoms with Crippen molar-refractivity contribution in [2.75, 3.05) is 18.1 Å². The van der Waals surface area contributed by atoms with Gasteiger partial charge >= 0.3 is 0 Å². The maximum atomic E-state index is 13.6. The second-order valence-corrected chi connectivity index (χ2v) is 6.60. The fourth-order valence-corrected chi connectivity index (χ4v) is 3.00. The van der Waals surface area contributed by atoms with Gasteiger partial charge in [-0.25, -0.2) is 8.78 Å². The van der Waals surface area contributed by atoms with Crippen molar-refractivity contribution < 1.29 is 18.4 Å². The minimum atomic E-state index is -1.10. The lowest BCUT2D eigenvalue weighted by Crippen LogP contribution is -2.42. The molecule has 1 aliphatic heterocycles.